The summed E-state index contributed by atoms with van der Waals surface area (Å²) in [5, 5.41) is 0. The lowest BCUT2D eigenvalue weighted by Crippen LogP contribution is -2.41. The van der Waals surface area contributed by atoms with Gasteiger partial charge in [-0.2, -0.15) is 0 Å². The fourth-order valence-electron chi connectivity index (χ4n) is 2.60. The van der Waals surface area contributed by atoms with Crippen molar-refractivity contribution in [3.05, 3.63) is 29.8 Å². The van der Waals surface area contributed by atoms with Gasteiger partial charge in [-0.25, -0.2) is 8.42 Å². The van der Waals surface area contributed by atoms with E-state index in [9.17, 15) is 13.2 Å². The highest BCUT2D eigenvalue weighted by Crippen LogP contribution is 2.25. The SMILES string of the molecule is CCC(=O)N(c1ccc(CC)cc1)C1CCS(=O)(=O)C1. The standard InChI is InChI=1S/C15H21NO3S/c1-3-12-5-7-13(8-6-12)16(15(17)4-2)14-9-10-20(18,19)11-14/h5-8,14H,3-4,9-11H2,1-2H3. The number of rotatable bonds is 4. The Morgan fingerprint density at radius 3 is 2.35 bits per heavy atom. The second-order valence-corrected chi connectivity index (χ2v) is 7.42. The van der Waals surface area contributed by atoms with E-state index in [1.54, 1.807) is 11.8 Å². The molecule has 0 aromatic heterocycles. The van der Waals surface area contributed by atoms with Crippen molar-refractivity contribution >= 4 is 21.4 Å². The number of hydrogen-bond acceptors (Lipinski definition) is 3. The van der Waals surface area contributed by atoms with Crippen LogP contribution >= 0.6 is 0 Å². The van der Waals surface area contributed by atoms with Crippen LogP contribution in [0.2, 0.25) is 0 Å². The Morgan fingerprint density at radius 1 is 1.25 bits per heavy atom. The van der Waals surface area contributed by atoms with Gasteiger partial charge in [-0.05, 0) is 30.5 Å². The Labute approximate surface area is 120 Å². The van der Waals surface area contributed by atoms with Crippen molar-refractivity contribution in [1.82, 2.24) is 0 Å². The molecule has 0 saturated carbocycles. The van der Waals surface area contributed by atoms with E-state index in [0.29, 0.717) is 12.8 Å². The molecule has 0 N–H and O–H groups in total. The fourth-order valence-corrected chi connectivity index (χ4v) is 4.30. The summed E-state index contributed by atoms with van der Waals surface area (Å²) in [6.07, 6.45) is 1.86. The number of carbonyl (C=O) groups excluding carboxylic acids is 1. The first kappa shape index (κ1) is 15.0. The minimum absolute atomic E-state index is 0.0173. The van der Waals surface area contributed by atoms with E-state index in [4.69, 9.17) is 0 Å². The van der Waals surface area contributed by atoms with E-state index in [1.165, 1.54) is 5.56 Å². The molecular formula is C15H21NO3S. The molecule has 1 amide bonds. The minimum Gasteiger partial charge on any atom is -0.308 e. The van der Waals surface area contributed by atoms with Crippen LogP contribution in [-0.2, 0) is 21.1 Å². The maximum atomic E-state index is 12.2. The zero-order chi connectivity index (χ0) is 14.8. The van der Waals surface area contributed by atoms with Gasteiger partial charge in [-0.3, -0.25) is 4.79 Å². The highest BCUT2D eigenvalue weighted by Gasteiger charge is 2.34. The molecule has 1 saturated heterocycles. The molecule has 1 aliphatic heterocycles. The highest BCUT2D eigenvalue weighted by molar-refractivity contribution is 7.91. The highest BCUT2D eigenvalue weighted by atomic mass is 32.2. The number of carbonyl (C=O) groups is 1. The molecule has 0 spiro atoms. The third-order valence-electron chi connectivity index (χ3n) is 3.77. The summed E-state index contributed by atoms with van der Waals surface area (Å²) >= 11 is 0. The van der Waals surface area contributed by atoms with Crippen LogP contribution < -0.4 is 4.90 Å². The molecule has 1 aromatic carbocycles. The molecule has 20 heavy (non-hydrogen) atoms. The molecule has 1 atom stereocenters. The topological polar surface area (TPSA) is 54.5 Å². The van der Waals surface area contributed by atoms with Crippen LogP contribution in [0.25, 0.3) is 0 Å². The molecule has 1 aromatic rings. The van der Waals surface area contributed by atoms with E-state index >= 15 is 0 Å². The molecule has 1 aliphatic rings. The Morgan fingerprint density at radius 2 is 1.90 bits per heavy atom. The zero-order valence-corrected chi connectivity index (χ0v) is 12.8. The van der Waals surface area contributed by atoms with E-state index in [2.05, 4.69) is 6.92 Å². The van der Waals surface area contributed by atoms with Crippen LogP contribution in [-0.4, -0.2) is 31.9 Å². The van der Waals surface area contributed by atoms with Crippen molar-refractivity contribution in [3.63, 3.8) is 0 Å². The van der Waals surface area contributed by atoms with Gasteiger partial charge in [-0.15, -0.1) is 0 Å². The first-order valence-electron chi connectivity index (χ1n) is 7.08. The van der Waals surface area contributed by atoms with Crippen molar-refractivity contribution < 1.29 is 13.2 Å². The monoisotopic (exact) mass is 295 g/mol. The van der Waals surface area contributed by atoms with E-state index in [0.717, 1.165) is 12.1 Å². The Kier molecular flexibility index (Phi) is 4.48. The molecule has 1 heterocycles. The number of nitrogens with zero attached hydrogens (tertiary/aromatic N) is 1. The van der Waals surface area contributed by atoms with E-state index in [-0.39, 0.29) is 23.5 Å². The summed E-state index contributed by atoms with van der Waals surface area (Å²) in [4.78, 5) is 13.9. The van der Waals surface area contributed by atoms with Crippen LogP contribution in [0.1, 0.15) is 32.3 Å². The normalized spacial score (nSPS) is 20.8. The van der Waals surface area contributed by atoms with E-state index < -0.39 is 9.84 Å². The molecule has 110 valence electrons. The predicted octanol–water partition coefficient (Wildman–Crippen LogP) is 2.18. The molecule has 0 bridgehead atoms. The van der Waals surface area contributed by atoms with Gasteiger partial charge in [0.1, 0.15) is 0 Å². The quantitative estimate of drug-likeness (QED) is 0.855. The van der Waals surface area contributed by atoms with Crippen molar-refractivity contribution in [2.45, 2.75) is 39.2 Å². The number of sulfone groups is 1. The summed E-state index contributed by atoms with van der Waals surface area (Å²) in [5.74, 6) is 0.239. The number of benzene rings is 1. The zero-order valence-electron chi connectivity index (χ0n) is 12.0. The van der Waals surface area contributed by atoms with Crippen LogP contribution in [0.15, 0.2) is 24.3 Å². The largest absolute Gasteiger partial charge is 0.308 e. The summed E-state index contributed by atoms with van der Waals surface area (Å²) in [7, 11) is -3.00. The Bertz CT molecular complexity index is 578. The fraction of sp³-hybridized carbons (Fsp3) is 0.533. The summed E-state index contributed by atoms with van der Waals surface area (Å²) in [5.41, 5.74) is 2.01. The maximum Gasteiger partial charge on any atom is 0.226 e. The first-order chi connectivity index (χ1) is 9.46. The molecule has 5 heteroatoms. The van der Waals surface area contributed by atoms with Crippen LogP contribution in [0.3, 0.4) is 0 Å². The molecule has 1 fully saturated rings. The van der Waals surface area contributed by atoms with Crippen molar-refractivity contribution in [1.29, 1.82) is 0 Å². The van der Waals surface area contributed by atoms with Crippen LogP contribution in [0, 0.1) is 0 Å². The molecule has 2 rings (SSSR count). The number of amides is 1. The lowest BCUT2D eigenvalue weighted by Gasteiger charge is -2.28. The van der Waals surface area contributed by atoms with Gasteiger partial charge in [0.2, 0.25) is 5.91 Å². The average molecular weight is 295 g/mol. The van der Waals surface area contributed by atoms with Crippen LogP contribution in [0.4, 0.5) is 5.69 Å². The van der Waals surface area contributed by atoms with Gasteiger partial charge in [0, 0.05) is 12.1 Å². The number of aryl methyl sites for hydroxylation is 1. The predicted molar refractivity (Wildman–Crippen MR) is 80.7 cm³/mol. The van der Waals surface area contributed by atoms with Gasteiger partial charge in [-0.1, -0.05) is 26.0 Å². The number of anilines is 1. The Balaban J connectivity index is 2.30. The van der Waals surface area contributed by atoms with Crippen molar-refractivity contribution in [3.8, 4) is 0 Å². The average Bonchev–Trinajstić information content (AvgIpc) is 2.79. The maximum absolute atomic E-state index is 12.2. The third-order valence-corrected chi connectivity index (χ3v) is 5.52. The van der Waals surface area contributed by atoms with E-state index in [1.807, 2.05) is 24.3 Å². The van der Waals surface area contributed by atoms with Crippen molar-refractivity contribution in [2.75, 3.05) is 16.4 Å². The van der Waals surface area contributed by atoms with Gasteiger partial charge >= 0.3 is 0 Å². The molecular weight excluding hydrogens is 274 g/mol. The van der Waals surface area contributed by atoms with Gasteiger partial charge in [0.25, 0.3) is 0 Å². The van der Waals surface area contributed by atoms with Gasteiger partial charge < -0.3 is 4.90 Å². The molecule has 0 aliphatic carbocycles. The third kappa shape index (κ3) is 3.20. The summed E-state index contributed by atoms with van der Waals surface area (Å²) in [6.45, 7) is 3.88. The lowest BCUT2D eigenvalue weighted by molar-refractivity contribution is -0.118. The van der Waals surface area contributed by atoms with Gasteiger partial charge in [0.15, 0.2) is 9.84 Å². The molecule has 1 unspecified atom stereocenters. The number of hydrogen-bond donors (Lipinski definition) is 0. The smallest absolute Gasteiger partial charge is 0.226 e. The Hall–Kier alpha value is -1.36. The van der Waals surface area contributed by atoms with Crippen molar-refractivity contribution in [2.24, 2.45) is 0 Å². The van der Waals surface area contributed by atoms with Gasteiger partial charge in [0.05, 0.1) is 17.5 Å². The second-order valence-electron chi connectivity index (χ2n) is 5.19. The minimum atomic E-state index is -3.00. The summed E-state index contributed by atoms with van der Waals surface area (Å²) in [6, 6.07) is 7.60. The molecule has 4 nitrogen and oxygen atoms in total. The van der Waals surface area contributed by atoms with Crippen LogP contribution in [0.5, 0.6) is 0 Å². The first-order valence-corrected chi connectivity index (χ1v) is 8.90. The summed E-state index contributed by atoms with van der Waals surface area (Å²) < 4.78 is 23.3. The molecule has 0 radical (unpaired) electrons. The second kappa shape index (κ2) is 5.95. The lowest BCUT2D eigenvalue weighted by atomic mass is 10.1.